The monoisotopic (exact) mass is 303 g/mol. The molecule has 0 saturated carbocycles. The highest BCUT2D eigenvalue weighted by molar-refractivity contribution is 9.10. The van der Waals surface area contributed by atoms with Gasteiger partial charge in [0.1, 0.15) is 11.9 Å². The highest BCUT2D eigenvalue weighted by Crippen LogP contribution is 2.15. The Morgan fingerprint density at radius 3 is 2.65 bits per heavy atom. The van der Waals surface area contributed by atoms with Gasteiger partial charge in [-0.15, -0.1) is 0 Å². The number of hydrogen-bond donors (Lipinski definition) is 2. The van der Waals surface area contributed by atoms with Crippen molar-refractivity contribution in [3.05, 3.63) is 34.1 Å². The minimum Gasteiger partial charge on any atom is -0.480 e. The molecule has 0 spiro atoms. The van der Waals surface area contributed by atoms with E-state index >= 15 is 0 Å². The molecule has 0 heterocycles. The molecule has 0 radical (unpaired) electrons. The maximum atomic E-state index is 13.5. The van der Waals surface area contributed by atoms with Crippen LogP contribution in [-0.2, 0) is 11.3 Å². The zero-order valence-electron chi connectivity index (χ0n) is 9.71. The standard InChI is InChI=1S/C12H15BrFNO2/c1-7(2)11(12(16)17)15-6-8-3-4-9(13)5-10(8)14/h3-5,7,11,15H,6H2,1-2H3,(H,16,17)/t11-/m0/s1. The summed E-state index contributed by atoms with van der Waals surface area (Å²) >= 11 is 3.17. The predicted molar refractivity (Wildman–Crippen MR) is 67.2 cm³/mol. The molecule has 0 aliphatic rings. The minimum atomic E-state index is -0.919. The smallest absolute Gasteiger partial charge is 0.320 e. The molecule has 0 unspecified atom stereocenters. The number of halogens is 2. The molecule has 0 bridgehead atoms. The first-order chi connectivity index (χ1) is 7.91. The van der Waals surface area contributed by atoms with E-state index < -0.39 is 12.0 Å². The molecule has 94 valence electrons. The van der Waals surface area contributed by atoms with Crippen LogP contribution in [0.25, 0.3) is 0 Å². The van der Waals surface area contributed by atoms with Gasteiger partial charge in [-0.2, -0.15) is 0 Å². The fraction of sp³-hybridized carbons (Fsp3) is 0.417. The van der Waals surface area contributed by atoms with Crippen LogP contribution in [0.4, 0.5) is 4.39 Å². The summed E-state index contributed by atoms with van der Waals surface area (Å²) in [5.74, 6) is -1.32. The van der Waals surface area contributed by atoms with Crippen LogP contribution in [0.1, 0.15) is 19.4 Å². The summed E-state index contributed by atoms with van der Waals surface area (Å²) in [7, 11) is 0. The number of hydrogen-bond acceptors (Lipinski definition) is 2. The predicted octanol–water partition coefficient (Wildman–Crippen LogP) is 2.79. The molecule has 3 nitrogen and oxygen atoms in total. The van der Waals surface area contributed by atoms with Gasteiger partial charge in [-0.1, -0.05) is 35.8 Å². The van der Waals surface area contributed by atoms with Gasteiger partial charge in [-0.05, 0) is 18.1 Å². The molecule has 2 N–H and O–H groups in total. The Hall–Kier alpha value is -0.940. The van der Waals surface area contributed by atoms with Gasteiger partial charge in [0.2, 0.25) is 0 Å². The Morgan fingerprint density at radius 1 is 1.53 bits per heavy atom. The van der Waals surface area contributed by atoms with E-state index in [1.165, 1.54) is 6.07 Å². The fourth-order valence-corrected chi connectivity index (χ4v) is 1.83. The molecule has 0 saturated heterocycles. The molecular formula is C12H15BrFNO2. The maximum absolute atomic E-state index is 13.5. The van der Waals surface area contributed by atoms with Gasteiger partial charge < -0.3 is 5.11 Å². The Kier molecular flexibility index (Phi) is 5.08. The first-order valence-electron chi connectivity index (χ1n) is 5.32. The van der Waals surface area contributed by atoms with Crippen molar-refractivity contribution in [2.75, 3.05) is 0 Å². The van der Waals surface area contributed by atoms with Crippen molar-refractivity contribution in [3.8, 4) is 0 Å². The lowest BCUT2D eigenvalue weighted by Gasteiger charge is -2.18. The lowest BCUT2D eigenvalue weighted by atomic mass is 10.0. The summed E-state index contributed by atoms with van der Waals surface area (Å²) in [5, 5.41) is 11.8. The van der Waals surface area contributed by atoms with Crippen LogP contribution in [0.2, 0.25) is 0 Å². The molecule has 0 aliphatic carbocycles. The van der Waals surface area contributed by atoms with Crippen LogP contribution in [0.5, 0.6) is 0 Å². The van der Waals surface area contributed by atoms with Gasteiger partial charge in [0.05, 0.1) is 0 Å². The molecule has 1 rings (SSSR count). The molecule has 0 amide bonds. The third kappa shape index (κ3) is 4.09. The Bertz CT molecular complexity index is 409. The molecule has 0 fully saturated rings. The largest absolute Gasteiger partial charge is 0.480 e. The van der Waals surface area contributed by atoms with E-state index in [0.29, 0.717) is 10.0 Å². The van der Waals surface area contributed by atoms with Crippen LogP contribution in [0.3, 0.4) is 0 Å². The Balaban J connectivity index is 2.69. The van der Waals surface area contributed by atoms with E-state index in [2.05, 4.69) is 21.2 Å². The lowest BCUT2D eigenvalue weighted by molar-refractivity contribution is -0.140. The van der Waals surface area contributed by atoms with Crippen molar-refractivity contribution in [2.24, 2.45) is 5.92 Å². The van der Waals surface area contributed by atoms with Crippen LogP contribution in [0.15, 0.2) is 22.7 Å². The Labute approximate surface area is 108 Å². The average Bonchev–Trinajstić information content (AvgIpc) is 2.20. The number of rotatable bonds is 5. The molecule has 1 aromatic rings. The number of nitrogens with one attached hydrogen (secondary N) is 1. The van der Waals surface area contributed by atoms with Gasteiger partial charge in [-0.3, -0.25) is 10.1 Å². The van der Waals surface area contributed by atoms with Gasteiger partial charge >= 0.3 is 5.97 Å². The van der Waals surface area contributed by atoms with Gasteiger partial charge in [0.15, 0.2) is 0 Å². The summed E-state index contributed by atoms with van der Waals surface area (Å²) in [6.07, 6.45) is 0. The van der Waals surface area contributed by atoms with Crippen molar-refractivity contribution >= 4 is 21.9 Å². The van der Waals surface area contributed by atoms with Crippen molar-refractivity contribution in [1.29, 1.82) is 0 Å². The van der Waals surface area contributed by atoms with Crippen LogP contribution in [-0.4, -0.2) is 17.1 Å². The van der Waals surface area contributed by atoms with Crippen LogP contribution in [0, 0.1) is 11.7 Å². The van der Waals surface area contributed by atoms with E-state index in [1.54, 1.807) is 12.1 Å². The minimum absolute atomic E-state index is 0.0500. The van der Waals surface area contributed by atoms with Gasteiger partial charge in [0.25, 0.3) is 0 Å². The van der Waals surface area contributed by atoms with Crippen molar-refractivity contribution in [3.63, 3.8) is 0 Å². The molecule has 1 aromatic carbocycles. The average molecular weight is 304 g/mol. The number of carboxylic acid groups (broad SMARTS) is 1. The first kappa shape index (κ1) is 14.1. The van der Waals surface area contributed by atoms with E-state index in [4.69, 9.17) is 5.11 Å². The van der Waals surface area contributed by atoms with E-state index in [1.807, 2.05) is 13.8 Å². The summed E-state index contributed by atoms with van der Waals surface area (Å²) in [4.78, 5) is 10.9. The molecule has 0 aromatic heterocycles. The van der Waals surface area contributed by atoms with Crippen molar-refractivity contribution < 1.29 is 14.3 Å². The quantitative estimate of drug-likeness (QED) is 0.879. The highest BCUT2D eigenvalue weighted by Gasteiger charge is 2.20. The summed E-state index contributed by atoms with van der Waals surface area (Å²) < 4.78 is 14.1. The molecular weight excluding hydrogens is 289 g/mol. The molecule has 1 atom stereocenters. The first-order valence-corrected chi connectivity index (χ1v) is 6.11. The fourth-order valence-electron chi connectivity index (χ4n) is 1.49. The van der Waals surface area contributed by atoms with E-state index in [9.17, 15) is 9.18 Å². The zero-order valence-corrected chi connectivity index (χ0v) is 11.3. The normalized spacial score (nSPS) is 12.8. The van der Waals surface area contributed by atoms with Gasteiger partial charge in [0, 0.05) is 16.6 Å². The maximum Gasteiger partial charge on any atom is 0.320 e. The summed E-state index contributed by atoms with van der Waals surface area (Å²) in [6, 6.07) is 4.05. The van der Waals surface area contributed by atoms with Crippen LogP contribution < -0.4 is 5.32 Å². The topological polar surface area (TPSA) is 49.3 Å². The lowest BCUT2D eigenvalue weighted by Crippen LogP contribution is -2.40. The molecule has 0 aliphatic heterocycles. The number of carboxylic acids is 1. The van der Waals surface area contributed by atoms with Crippen molar-refractivity contribution in [1.82, 2.24) is 5.32 Å². The number of benzene rings is 1. The second kappa shape index (κ2) is 6.12. The second-order valence-electron chi connectivity index (χ2n) is 4.18. The summed E-state index contributed by atoms with van der Waals surface area (Å²) in [6.45, 7) is 3.82. The number of carbonyl (C=O) groups is 1. The second-order valence-corrected chi connectivity index (χ2v) is 5.09. The number of aliphatic carboxylic acids is 1. The summed E-state index contributed by atoms with van der Waals surface area (Å²) in [5.41, 5.74) is 0.458. The van der Waals surface area contributed by atoms with Gasteiger partial charge in [-0.25, -0.2) is 4.39 Å². The third-order valence-electron chi connectivity index (χ3n) is 2.46. The zero-order chi connectivity index (χ0) is 13.0. The SMILES string of the molecule is CC(C)[C@H](NCc1ccc(Br)cc1F)C(=O)O. The molecule has 17 heavy (non-hydrogen) atoms. The third-order valence-corrected chi connectivity index (χ3v) is 2.95. The van der Waals surface area contributed by atoms with Crippen LogP contribution >= 0.6 is 15.9 Å². The Morgan fingerprint density at radius 2 is 2.18 bits per heavy atom. The van der Waals surface area contributed by atoms with E-state index in [0.717, 1.165) is 0 Å². The molecule has 5 heteroatoms. The van der Waals surface area contributed by atoms with E-state index in [-0.39, 0.29) is 18.3 Å². The highest BCUT2D eigenvalue weighted by atomic mass is 79.9. The van der Waals surface area contributed by atoms with Crippen molar-refractivity contribution in [2.45, 2.75) is 26.4 Å².